The maximum Gasteiger partial charge on any atom is 0.411 e. The van der Waals surface area contributed by atoms with Gasteiger partial charge in [-0.3, -0.25) is 9.69 Å². The molecule has 0 aliphatic heterocycles. The number of hydrogen-bond donors (Lipinski definition) is 1. The molecule has 0 saturated heterocycles. The number of nitrogens with zero attached hydrogens (tertiary/aromatic N) is 2. The van der Waals surface area contributed by atoms with E-state index in [-0.39, 0.29) is 5.78 Å². The monoisotopic (exact) mass is 366 g/mol. The van der Waals surface area contributed by atoms with E-state index < -0.39 is 6.09 Å². The minimum Gasteiger partial charge on any atom is -0.465 e. The number of hydrogen-bond acceptors (Lipinski definition) is 3. The van der Waals surface area contributed by atoms with Crippen LogP contribution in [0, 0.1) is 0 Å². The zero-order valence-corrected chi connectivity index (χ0v) is 16.1. The molecule has 0 aromatic heterocycles. The molecule has 0 radical (unpaired) electrons. The van der Waals surface area contributed by atoms with E-state index >= 15 is 0 Å². The fourth-order valence-corrected chi connectivity index (χ4v) is 2.89. The Labute approximate surface area is 160 Å². The Morgan fingerprint density at radius 2 is 1.41 bits per heavy atom. The van der Waals surface area contributed by atoms with E-state index in [9.17, 15) is 9.59 Å². The summed E-state index contributed by atoms with van der Waals surface area (Å²) in [5.74, 6) is -0.118. The molecular weight excluding hydrogens is 340 g/mol. The lowest BCUT2D eigenvalue weighted by Crippen LogP contribution is -2.28. The molecule has 27 heavy (non-hydrogen) atoms. The Kier molecular flexibility index (Phi) is 7.17. The summed E-state index contributed by atoms with van der Waals surface area (Å²) in [5, 5.41) is 9.15. The molecule has 142 valence electrons. The van der Waals surface area contributed by atoms with Gasteiger partial charge < -0.3 is 10.0 Å². The van der Waals surface area contributed by atoms with E-state index in [4.69, 9.17) is 5.11 Å². The van der Waals surface area contributed by atoms with Gasteiger partial charge in [-0.25, -0.2) is 4.79 Å². The lowest BCUT2D eigenvalue weighted by atomic mass is 10.1. The lowest BCUT2D eigenvalue weighted by molar-refractivity contribution is 0.104. The summed E-state index contributed by atoms with van der Waals surface area (Å²) >= 11 is 0. The van der Waals surface area contributed by atoms with Crippen LogP contribution in [0.25, 0.3) is 6.08 Å². The average Bonchev–Trinajstić information content (AvgIpc) is 2.69. The zero-order valence-electron chi connectivity index (χ0n) is 16.1. The number of carbonyl (C=O) groups is 2. The van der Waals surface area contributed by atoms with Crippen molar-refractivity contribution >= 4 is 29.3 Å². The molecule has 0 saturated carbocycles. The Morgan fingerprint density at radius 1 is 0.852 bits per heavy atom. The van der Waals surface area contributed by atoms with Crippen LogP contribution in [0.4, 0.5) is 16.2 Å². The van der Waals surface area contributed by atoms with Crippen molar-refractivity contribution in [2.45, 2.75) is 20.8 Å². The minimum absolute atomic E-state index is 0.118. The highest BCUT2D eigenvalue weighted by Gasteiger charge is 2.12. The van der Waals surface area contributed by atoms with Crippen LogP contribution >= 0.6 is 0 Å². The smallest absolute Gasteiger partial charge is 0.411 e. The summed E-state index contributed by atoms with van der Waals surface area (Å²) in [7, 11) is 0. The third-order valence-corrected chi connectivity index (χ3v) is 4.46. The molecule has 0 heterocycles. The predicted octanol–water partition coefficient (Wildman–Crippen LogP) is 4.93. The molecule has 0 bridgehead atoms. The topological polar surface area (TPSA) is 60.9 Å². The first-order valence-electron chi connectivity index (χ1n) is 9.18. The van der Waals surface area contributed by atoms with Crippen molar-refractivity contribution in [3.8, 4) is 0 Å². The van der Waals surface area contributed by atoms with Crippen molar-refractivity contribution in [1.29, 1.82) is 0 Å². The van der Waals surface area contributed by atoms with Crippen molar-refractivity contribution in [2.75, 3.05) is 29.4 Å². The van der Waals surface area contributed by atoms with Gasteiger partial charge in [0.2, 0.25) is 0 Å². The van der Waals surface area contributed by atoms with Gasteiger partial charge in [-0.1, -0.05) is 18.2 Å². The van der Waals surface area contributed by atoms with Crippen molar-refractivity contribution in [3.05, 3.63) is 65.7 Å². The number of amides is 1. The maximum atomic E-state index is 12.3. The van der Waals surface area contributed by atoms with Crippen molar-refractivity contribution < 1.29 is 14.7 Å². The molecule has 2 aromatic rings. The fourth-order valence-electron chi connectivity index (χ4n) is 2.89. The van der Waals surface area contributed by atoms with Gasteiger partial charge >= 0.3 is 6.09 Å². The first kappa shape index (κ1) is 20.2. The van der Waals surface area contributed by atoms with Gasteiger partial charge in [0.15, 0.2) is 5.78 Å². The van der Waals surface area contributed by atoms with Gasteiger partial charge in [-0.15, -0.1) is 0 Å². The van der Waals surface area contributed by atoms with Gasteiger partial charge in [0, 0.05) is 36.6 Å². The largest absolute Gasteiger partial charge is 0.465 e. The van der Waals surface area contributed by atoms with E-state index in [0.717, 1.165) is 24.3 Å². The van der Waals surface area contributed by atoms with Gasteiger partial charge in [0.25, 0.3) is 0 Å². The third kappa shape index (κ3) is 5.20. The van der Waals surface area contributed by atoms with Crippen LogP contribution in [0.3, 0.4) is 0 Å². The third-order valence-electron chi connectivity index (χ3n) is 4.46. The first-order chi connectivity index (χ1) is 13.0. The predicted molar refractivity (Wildman–Crippen MR) is 111 cm³/mol. The molecule has 5 nitrogen and oxygen atoms in total. The summed E-state index contributed by atoms with van der Waals surface area (Å²) in [6.07, 6.45) is 2.32. The van der Waals surface area contributed by atoms with E-state index in [2.05, 4.69) is 30.9 Å². The molecule has 2 aromatic carbocycles. The minimum atomic E-state index is -1.01. The summed E-state index contributed by atoms with van der Waals surface area (Å²) in [5.41, 5.74) is 3.20. The molecule has 0 aliphatic rings. The Morgan fingerprint density at radius 3 is 1.89 bits per heavy atom. The first-order valence-corrected chi connectivity index (χ1v) is 9.18. The number of carbonyl (C=O) groups excluding carboxylic acids is 1. The molecule has 0 fully saturated rings. The average molecular weight is 366 g/mol. The van der Waals surface area contributed by atoms with E-state index in [0.29, 0.717) is 17.8 Å². The van der Waals surface area contributed by atoms with Crippen molar-refractivity contribution in [3.63, 3.8) is 0 Å². The normalized spacial score (nSPS) is 10.8. The molecule has 0 spiro atoms. The molecule has 1 N–H and O–H groups in total. The molecule has 0 atom stereocenters. The highest BCUT2D eigenvalue weighted by molar-refractivity contribution is 6.07. The maximum absolute atomic E-state index is 12.3. The second kappa shape index (κ2) is 9.57. The van der Waals surface area contributed by atoms with Crippen LogP contribution in [0.5, 0.6) is 0 Å². The second-order valence-electron chi connectivity index (χ2n) is 6.04. The van der Waals surface area contributed by atoms with Crippen molar-refractivity contribution in [2.24, 2.45) is 0 Å². The Hall–Kier alpha value is -3.08. The zero-order chi connectivity index (χ0) is 19.8. The van der Waals surface area contributed by atoms with Crippen LogP contribution in [0.2, 0.25) is 0 Å². The molecule has 0 aliphatic carbocycles. The number of allylic oxidation sites excluding steroid dienone is 1. The number of rotatable bonds is 8. The van der Waals surface area contributed by atoms with E-state index in [1.54, 1.807) is 37.3 Å². The molecular formula is C22H26N2O3. The van der Waals surface area contributed by atoms with Crippen LogP contribution in [0.15, 0.2) is 54.6 Å². The highest BCUT2D eigenvalue weighted by atomic mass is 16.4. The Balaban J connectivity index is 2.07. The summed E-state index contributed by atoms with van der Waals surface area (Å²) < 4.78 is 0. The van der Waals surface area contributed by atoms with Gasteiger partial charge in [0.05, 0.1) is 0 Å². The quantitative estimate of drug-likeness (QED) is 0.531. The molecule has 0 unspecified atom stereocenters. The Bertz CT molecular complexity index is 791. The summed E-state index contributed by atoms with van der Waals surface area (Å²) in [6, 6.07) is 14.7. The van der Waals surface area contributed by atoms with E-state index in [1.807, 2.05) is 12.1 Å². The summed E-state index contributed by atoms with van der Waals surface area (Å²) in [6.45, 7) is 8.28. The van der Waals surface area contributed by atoms with Crippen LogP contribution in [0.1, 0.15) is 36.7 Å². The van der Waals surface area contributed by atoms with Crippen LogP contribution in [-0.2, 0) is 0 Å². The van der Waals surface area contributed by atoms with Crippen LogP contribution < -0.4 is 9.80 Å². The summed E-state index contributed by atoms with van der Waals surface area (Å²) in [4.78, 5) is 27.0. The van der Waals surface area contributed by atoms with Gasteiger partial charge in [0.1, 0.15) is 0 Å². The van der Waals surface area contributed by atoms with E-state index in [1.165, 1.54) is 11.0 Å². The number of anilines is 2. The number of carboxylic acid groups (broad SMARTS) is 1. The standard InChI is InChI=1S/C22H26N2O3/c1-4-23(5-2)19-12-7-17(8-13-19)9-16-21(25)18-10-14-20(15-11-18)24(6-3)22(26)27/h7-16H,4-6H2,1-3H3,(H,26,27). The van der Waals surface area contributed by atoms with Gasteiger partial charge in [-0.05, 0) is 68.8 Å². The molecule has 2 rings (SSSR count). The molecule has 5 heteroatoms. The van der Waals surface area contributed by atoms with Gasteiger partial charge in [-0.2, -0.15) is 0 Å². The SMILES string of the molecule is CCN(CC)c1ccc(C=CC(=O)c2ccc(N(CC)C(=O)O)cc2)cc1. The highest BCUT2D eigenvalue weighted by Crippen LogP contribution is 2.18. The number of benzene rings is 2. The second-order valence-corrected chi connectivity index (χ2v) is 6.04. The lowest BCUT2D eigenvalue weighted by Gasteiger charge is -2.20. The fraction of sp³-hybridized carbons (Fsp3) is 0.273. The molecule has 1 amide bonds. The van der Waals surface area contributed by atoms with Crippen molar-refractivity contribution in [1.82, 2.24) is 0 Å². The van der Waals surface area contributed by atoms with Crippen LogP contribution in [-0.4, -0.2) is 36.6 Å². The number of ketones is 1.